The third-order valence-corrected chi connectivity index (χ3v) is 7.97. The number of halogens is 5. The van der Waals surface area contributed by atoms with Gasteiger partial charge in [0.05, 0.1) is 21.4 Å². The van der Waals surface area contributed by atoms with Crippen LogP contribution in [0.2, 0.25) is 10.0 Å². The van der Waals surface area contributed by atoms with Gasteiger partial charge in [-0.15, -0.1) is 11.8 Å². The lowest BCUT2D eigenvalue weighted by Crippen LogP contribution is -2.51. The fourth-order valence-electron chi connectivity index (χ4n) is 4.01. The molecule has 1 atom stereocenters. The van der Waals surface area contributed by atoms with Crippen LogP contribution in [0.25, 0.3) is 0 Å². The van der Waals surface area contributed by atoms with Crippen LogP contribution in [0.4, 0.5) is 23.7 Å². The van der Waals surface area contributed by atoms with E-state index in [0.717, 1.165) is 17.7 Å². The fourth-order valence-corrected chi connectivity index (χ4v) is 5.52. The molecule has 4 rings (SSSR count). The van der Waals surface area contributed by atoms with Gasteiger partial charge in [-0.3, -0.25) is 9.69 Å². The number of hydrogen-bond acceptors (Lipinski definition) is 4. The number of rotatable bonds is 5. The summed E-state index contributed by atoms with van der Waals surface area (Å²) in [5.74, 6) is 0.476. The molecule has 2 aromatic carbocycles. The molecule has 1 unspecified atom stereocenters. The molecule has 6 nitrogen and oxygen atoms in total. The number of nitrogens with zero attached hydrogens (tertiary/aromatic N) is 3. The topological polar surface area (TPSA) is 55.9 Å². The van der Waals surface area contributed by atoms with E-state index in [0.29, 0.717) is 60.8 Å². The Kier molecular flexibility index (Phi) is 8.05. The Hall–Kier alpha value is -2.14. The number of hydrogen-bond donors (Lipinski definition) is 1. The third-order valence-electron chi connectivity index (χ3n) is 5.98. The van der Waals surface area contributed by atoms with E-state index in [1.807, 2.05) is 11.0 Å². The van der Waals surface area contributed by atoms with Crippen LogP contribution >= 0.6 is 35.0 Å². The molecular weight excluding hydrogens is 524 g/mol. The predicted molar refractivity (Wildman–Crippen MR) is 132 cm³/mol. The Balaban J connectivity index is 1.26. The molecule has 12 heteroatoms. The van der Waals surface area contributed by atoms with E-state index < -0.39 is 11.7 Å². The minimum Gasteiger partial charge on any atom is -0.325 e. The number of thioether (sulfide) groups is 1. The van der Waals surface area contributed by atoms with Crippen molar-refractivity contribution in [1.82, 2.24) is 14.7 Å². The molecule has 0 spiro atoms. The number of benzene rings is 2. The number of amides is 3. The molecule has 0 bridgehead atoms. The molecule has 2 saturated heterocycles. The average Bonchev–Trinajstić information content (AvgIpc) is 3.19. The van der Waals surface area contributed by atoms with Crippen molar-refractivity contribution in [3.05, 3.63) is 63.6 Å². The van der Waals surface area contributed by atoms with E-state index in [1.165, 1.54) is 12.1 Å². The van der Waals surface area contributed by atoms with Gasteiger partial charge < -0.3 is 15.1 Å². The van der Waals surface area contributed by atoms with Crippen LogP contribution in [0, 0.1) is 0 Å². The van der Waals surface area contributed by atoms with Gasteiger partial charge in [-0.25, -0.2) is 4.79 Å². The largest absolute Gasteiger partial charge is 0.416 e. The Morgan fingerprint density at radius 3 is 2.31 bits per heavy atom. The predicted octanol–water partition coefficient (Wildman–Crippen LogP) is 5.44. The van der Waals surface area contributed by atoms with Crippen LogP contribution in [-0.2, 0) is 11.0 Å². The minimum atomic E-state index is -4.42. The van der Waals surface area contributed by atoms with E-state index in [-0.39, 0.29) is 17.3 Å². The van der Waals surface area contributed by atoms with Gasteiger partial charge in [0.2, 0.25) is 5.91 Å². The highest BCUT2D eigenvalue weighted by molar-refractivity contribution is 8.00. The van der Waals surface area contributed by atoms with Gasteiger partial charge in [-0.05, 0) is 42.0 Å². The summed E-state index contributed by atoms with van der Waals surface area (Å²) in [5, 5.41) is 3.45. The molecule has 2 aromatic rings. The quantitative estimate of drug-likeness (QED) is 0.542. The molecule has 188 valence electrons. The number of alkyl halides is 3. The molecule has 2 heterocycles. The smallest absolute Gasteiger partial charge is 0.325 e. The van der Waals surface area contributed by atoms with Crippen molar-refractivity contribution in [2.75, 3.05) is 50.3 Å². The second-order valence-corrected chi connectivity index (χ2v) is 10.1. The van der Waals surface area contributed by atoms with Gasteiger partial charge in [0, 0.05) is 45.0 Å². The molecule has 0 saturated carbocycles. The van der Waals surface area contributed by atoms with Gasteiger partial charge in [-0.1, -0.05) is 29.3 Å². The van der Waals surface area contributed by atoms with Gasteiger partial charge in [0.15, 0.2) is 0 Å². The highest BCUT2D eigenvalue weighted by Crippen LogP contribution is 2.40. The van der Waals surface area contributed by atoms with Gasteiger partial charge >= 0.3 is 12.2 Å². The number of anilines is 1. The molecule has 0 aromatic heterocycles. The average molecular weight is 547 g/mol. The van der Waals surface area contributed by atoms with Crippen molar-refractivity contribution < 1.29 is 22.8 Å². The molecule has 0 radical (unpaired) electrons. The Bertz CT molecular complexity index is 1080. The first-order valence-electron chi connectivity index (χ1n) is 10.9. The van der Waals surface area contributed by atoms with Crippen molar-refractivity contribution in [3.8, 4) is 0 Å². The zero-order valence-electron chi connectivity index (χ0n) is 18.5. The Labute approximate surface area is 215 Å². The SMILES string of the molecule is O=C(Nc1ccc(C(F)(F)F)cc1)N1CCN(CCN2C(=O)CSC2c2ccc(Cl)c(Cl)c2)CC1. The summed E-state index contributed by atoms with van der Waals surface area (Å²) in [6.45, 7) is 3.43. The van der Waals surface area contributed by atoms with Gasteiger partial charge in [0.25, 0.3) is 0 Å². The first-order valence-corrected chi connectivity index (χ1v) is 12.7. The summed E-state index contributed by atoms with van der Waals surface area (Å²) in [5.41, 5.74) is 0.476. The first-order chi connectivity index (χ1) is 16.6. The monoisotopic (exact) mass is 546 g/mol. The van der Waals surface area contributed by atoms with E-state index in [1.54, 1.807) is 28.8 Å². The highest BCUT2D eigenvalue weighted by Gasteiger charge is 2.34. The van der Waals surface area contributed by atoms with E-state index >= 15 is 0 Å². The number of carbonyl (C=O) groups is 2. The lowest BCUT2D eigenvalue weighted by Gasteiger charge is -2.36. The summed E-state index contributed by atoms with van der Waals surface area (Å²) in [7, 11) is 0. The van der Waals surface area contributed by atoms with Crippen molar-refractivity contribution >= 4 is 52.6 Å². The summed E-state index contributed by atoms with van der Waals surface area (Å²) in [6, 6.07) is 9.42. The van der Waals surface area contributed by atoms with E-state index in [2.05, 4.69) is 10.2 Å². The Morgan fingerprint density at radius 2 is 1.69 bits per heavy atom. The van der Waals surface area contributed by atoms with Crippen molar-refractivity contribution in [3.63, 3.8) is 0 Å². The molecule has 35 heavy (non-hydrogen) atoms. The summed E-state index contributed by atoms with van der Waals surface area (Å²) in [4.78, 5) is 30.6. The lowest BCUT2D eigenvalue weighted by molar-refractivity contribution is -0.137. The maximum Gasteiger partial charge on any atom is 0.416 e. The van der Waals surface area contributed by atoms with Crippen molar-refractivity contribution in [1.29, 1.82) is 0 Å². The molecule has 0 aliphatic carbocycles. The third kappa shape index (κ3) is 6.35. The zero-order valence-corrected chi connectivity index (χ0v) is 20.9. The second kappa shape index (κ2) is 10.9. The molecule has 2 fully saturated rings. The standard InChI is InChI=1S/C23H23Cl2F3N4O2S/c24-18-6-1-15(13-19(18)25)21-32(20(33)14-35-21)12-9-30-7-10-31(11-8-30)22(34)29-17-4-2-16(3-5-17)23(26,27)28/h1-6,13,21H,7-12,14H2,(H,29,34). The summed E-state index contributed by atoms with van der Waals surface area (Å²) >= 11 is 13.7. The highest BCUT2D eigenvalue weighted by atomic mass is 35.5. The number of piperazine rings is 1. The van der Waals surface area contributed by atoms with Crippen LogP contribution in [0.3, 0.4) is 0 Å². The van der Waals surface area contributed by atoms with E-state index in [4.69, 9.17) is 23.2 Å². The summed E-state index contributed by atoms with van der Waals surface area (Å²) < 4.78 is 38.1. The number of urea groups is 1. The van der Waals surface area contributed by atoms with Gasteiger partial charge in [0.1, 0.15) is 5.37 Å². The fraction of sp³-hybridized carbons (Fsp3) is 0.391. The van der Waals surface area contributed by atoms with Crippen LogP contribution in [0.5, 0.6) is 0 Å². The normalized spacial score (nSPS) is 19.3. The molecule has 3 amide bonds. The van der Waals surface area contributed by atoms with Crippen LogP contribution < -0.4 is 5.32 Å². The minimum absolute atomic E-state index is 0.0700. The van der Waals surface area contributed by atoms with E-state index in [9.17, 15) is 22.8 Å². The number of carbonyl (C=O) groups excluding carboxylic acids is 2. The first kappa shape index (κ1) is 25.9. The van der Waals surface area contributed by atoms with Gasteiger partial charge in [-0.2, -0.15) is 13.2 Å². The molecular formula is C23H23Cl2F3N4O2S. The van der Waals surface area contributed by atoms with Crippen molar-refractivity contribution in [2.45, 2.75) is 11.6 Å². The summed E-state index contributed by atoms with van der Waals surface area (Å²) in [6.07, 6.45) is -4.42. The second-order valence-electron chi connectivity index (χ2n) is 8.26. The molecule has 2 aliphatic heterocycles. The molecule has 2 aliphatic rings. The maximum atomic E-state index is 12.7. The maximum absolute atomic E-state index is 12.7. The van der Waals surface area contributed by atoms with Crippen molar-refractivity contribution in [2.24, 2.45) is 0 Å². The Morgan fingerprint density at radius 1 is 1.00 bits per heavy atom. The zero-order chi connectivity index (χ0) is 25.2. The molecule has 1 N–H and O–H groups in total. The lowest BCUT2D eigenvalue weighted by atomic mass is 10.2. The van der Waals surface area contributed by atoms with Crippen LogP contribution in [0.15, 0.2) is 42.5 Å². The van der Waals surface area contributed by atoms with Crippen LogP contribution in [-0.4, -0.2) is 71.7 Å². The van der Waals surface area contributed by atoms with Crippen LogP contribution in [0.1, 0.15) is 16.5 Å². The number of nitrogens with one attached hydrogen (secondary N) is 1.